The number of urea groups is 1. The zero-order chi connectivity index (χ0) is 23.4. The number of benzene rings is 1. The zero-order valence-corrected chi connectivity index (χ0v) is 18.2. The number of nitrogens with one attached hydrogen (secondary N) is 3. The molecule has 3 aromatic heterocycles. The van der Waals surface area contributed by atoms with Gasteiger partial charge >= 0.3 is 12.2 Å². The van der Waals surface area contributed by atoms with Gasteiger partial charge in [-0.05, 0) is 24.3 Å². The summed E-state index contributed by atoms with van der Waals surface area (Å²) in [7, 11) is 0. The van der Waals surface area contributed by atoms with Crippen LogP contribution in [0.15, 0.2) is 42.9 Å². The summed E-state index contributed by atoms with van der Waals surface area (Å²) in [4.78, 5) is 26.0. The Morgan fingerprint density at radius 3 is 2.76 bits per heavy atom. The Bertz CT molecular complexity index is 1340. The number of amides is 2. The molecule has 168 valence electrons. The fraction of sp³-hybridized carbons (Fsp3) is 0.150. The first-order valence-electron chi connectivity index (χ1n) is 9.40. The van der Waals surface area contributed by atoms with Gasteiger partial charge in [-0.1, -0.05) is 6.07 Å². The summed E-state index contributed by atoms with van der Waals surface area (Å²) in [6.07, 6.45) is -0.862. The van der Waals surface area contributed by atoms with E-state index in [0.717, 1.165) is 21.7 Å². The summed E-state index contributed by atoms with van der Waals surface area (Å²) in [5.74, 6) is 0.634. The largest absolute Gasteiger partial charge is 0.416 e. The highest BCUT2D eigenvalue weighted by molar-refractivity contribution is 7.20. The van der Waals surface area contributed by atoms with E-state index < -0.39 is 17.8 Å². The number of hydrogen-bond acceptors (Lipinski definition) is 8. The van der Waals surface area contributed by atoms with Crippen molar-refractivity contribution >= 4 is 55.6 Å². The molecule has 0 saturated carbocycles. The Labute approximate surface area is 193 Å². The number of aromatic nitrogens is 3. The Morgan fingerprint density at radius 1 is 1.12 bits per heavy atom. The molecule has 0 aliphatic rings. The number of thiophene rings is 1. The molecular formula is C20H14F3N7OS2. The van der Waals surface area contributed by atoms with Crippen LogP contribution in [-0.4, -0.2) is 27.5 Å². The molecule has 4 aromatic rings. The summed E-state index contributed by atoms with van der Waals surface area (Å²) in [6.45, 7) is 0.532. The fourth-order valence-corrected chi connectivity index (χ4v) is 4.53. The molecule has 33 heavy (non-hydrogen) atoms. The SMILES string of the molecule is N#Cc1cc2ncnc(NCCc3cnc(NC(=O)Nc4cccc(C(F)(F)F)c4)s3)c2s1. The Hall–Kier alpha value is -3.76. The monoisotopic (exact) mass is 489 g/mol. The zero-order valence-electron chi connectivity index (χ0n) is 16.6. The second-order valence-corrected chi connectivity index (χ2v) is 8.79. The molecule has 2 amide bonds. The lowest BCUT2D eigenvalue weighted by Gasteiger charge is -2.09. The minimum Gasteiger partial charge on any atom is -0.368 e. The smallest absolute Gasteiger partial charge is 0.368 e. The van der Waals surface area contributed by atoms with Gasteiger partial charge in [-0.2, -0.15) is 18.4 Å². The van der Waals surface area contributed by atoms with E-state index in [0.29, 0.717) is 34.3 Å². The predicted octanol–water partition coefficient (Wildman–Crippen LogP) is 5.34. The molecule has 0 spiro atoms. The Kier molecular flexibility index (Phi) is 6.38. The molecule has 13 heteroatoms. The quantitative estimate of drug-likeness (QED) is 0.337. The molecule has 1 aromatic carbocycles. The van der Waals surface area contributed by atoms with Crippen molar-refractivity contribution in [1.82, 2.24) is 15.0 Å². The van der Waals surface area contributed by atoms with Gasteiger partial charge in [0, 0.05) is 29.7 Å². The minimum absolute atomic E-state index is 0.0209. The molecule has 0 radical (unpaired) electrons. The van der Waals surface area contributed by atoms with Crippen LogP contribution in [0, 0.1) is 11.3 Å². The molecular weight excluding hydrogens is 475 g/mol. The molecule has 0 unspecified atom stereocenters. The van der Waals surface area contributed by atoms with Crippen LogP contribution >= 0.6 is 22.7 Å². The number of thiazole rings is 1. The van der Waals surface area contributed by atoms with E-state index in [1.165, 1.54) is 41.1 Å². The predicted molar refractivity (Wildman–Crippen MR) is 121 cm³/mol. The number of rotatable bonds is 6. The van der Waals surface area contributed by atoms with Crippen LogP contribution in [0.3, 0.4) is 0 Å². The lowest BCUT2D eigenvalue weighted by Crippen LogP contribution is -2.19. The second kappa shape index (κ2) is 9.39. The number of alkyl halides is 3. The lowest BCUT2D eigenvalue weighted by molar-refractivity contribution is -0.137. The number of carbonyl (C=O) groups excluding carboxylic acids is 1. The summed E-state index contributed by atoms with van der Waals surface area (Å²) >= 11 is 2.56. The number of carbonyl (C=O) groups is 1. The average Bonchev–Trinajstić information content (AvgIpc) is 3.40. The van der Waals surface area contributed by atoms with Crippen molar-refractivity contribution in [2.75, 3.05) is 22.5 Å². The van der Waals surface area contributed by atoms with Crippen molar-refractivity contribution in [3.8, 4) is 6.07 Å². The van der Waals surface area contributed by atoms with E-state index >= 15 is 0 Å². The van der Waals surface area contributed by atoms with Crippen molar-refractivity contribution in [2.24, 2.45) is 0 Å². The van der Waals surface area contributed by atoms with Crippen LogP contribution in [0.2, 0.25) is 0 Å². The van der Waals surface area contributed by atoms with Gasteiger partial charge in [0.1, 0.15) is 23.1 Å². The van der Waals surface area contributed by atoms with E-state index in [1.54, 1.807) is 12.3 Å². The normalized spacial score (nSPS) is 11.2. The number of hydrogen-bond donors (Lipinski definition) is 3. The third kappa shape index (κ3) is 5.54. The van der Waals surface area contributed by atoms with Gasteiger partial charge in [-0.15, -0.1) is 22.7 Å². The molecule has 0 saturated heterocycles. The first kappa shape index (κ1) is 22.4. The molecule has 3 N–H and O–H groups in total. The van der Waals surface area contributed by atoms with Gasteiger partial charge < -0.3 is 10.6 Å². The van der Waals surface area contributed by atoms with Gasteiger partial charge in [0.15, 0.2) is 5.13 Å². The molecule has 0 bridgehead atoms. The Balaban J connectivity index is 1.31. The highest BCUT2D eigenvalue weighted by Crippen LogP contribution is 2.31. The van der Waals surface area contributed by atoms with E-state index in [9.17, 15) is 18.0 Å². The molecule has 0 aliphatic heterocycles. The average molecular weight is 490 g/mol. The molecule has 3 heterocycles. The van der Waals surface area contributed by atoms with Crippen molar-refractivity contribution in [3.63, 3.8) is 0 Å². The minimum atomic E-state index is -4.49. The van der Waals surface area contributed by atoms with Crippen LogP contribution in [0.4, 0.5) is 34.6 Å². The highest BCUT2D eigenvalue weighted by Gasteiger charge is 2.30. The van der Waals surface area contributed by atoms with Crippen LogP contribution in [0.1, 0.15) is 15.3 Å². The Morgan fingerprint density at radius 2 is 1.97 bits per heavy atom. The maximum absolute atomic E-state index is 12.8. The van der Waals surface area contributed by atoms with E-state index in [4.69, 9.17) is 5.26 Å². The van der Waals surface area contributed by atoms with Gasteiger partial charge in [0.25, 0.3) is 0 Å². The van der Waals surface area contributed by atoms with Crippen molar-refractivity contribution in [1.29, 1.82) is 5.26 Å². The van der Waals surface area contributed by atoms with Crippen LogP contribution in [-0.2, 0) is 12.6 Å². The molecule has 8 nitrogen and oxygen atoms in total. The highest BCUT2D eigenvalue weighted by atomic mass is 32.1. The standard InChI is InChI=1S/C20H14F3N7OS2/c21-20(22,23)11-2-1-3-12(6-11)29-18(31)30-19-26-9-13(33-19)4-5-25-17-16-15(27-10-28-17)7-14(8-24)32-16/h1-3,6-7,9-10H,4-5H2,(H,25,27,28)(H2,26,29,30,31). The molecule has 4 rings (SSSR count). The molecule has 0 atom stereocenters. The summed E-state index contributed by atoms with van der Waals surface area (Å²) < 4.78 is 39.2. The summed E-state index contributed by atoms with van der Waals surface area (Å²) in [5, 5.41) is 17.5. The molecule has 0 aliphatic carbocycles. The van der Waals surface area contributed by atoms with Gasteiger partial charge in [-0.3, -0.25) is 5.32 Å². The first-order chi connectivity index (χ1) is 15.8. The van der Waals surface area contributed by atoms with E-state index in [-0.39, 0.29) is 5.69 Å². The topological polar surface area (TPSA) is 116 Å². The number of anilines is 3. The van der Waals surface area contributed by atoms with E-state index in [1.807, 2.05) is 0 Å². The number of nitriles is 1. The first-order valence-corrected chi connectivity index (χ1v) is 11.0. The summed E-state index contributed by atoms with van der Waals surface area (Å²) in [6, 6.07) is 7.48. The second-order valence-electron chi connectivity index (χ2n) is 6.63. The van der Waals surface area contributed by atoms with Crippen LogP contribution < -0.4 is 16.0 Å². The van der Waals surface area contributed by atoms with E-state index in [2.05, 4.69) is 37.0 Å². The number of halogens is 3. The van der Waals surface area contributed by atoms with Crippen molar-refractivity contribution < 1.29 is 18.0 Å². The van der Waals surface area contributed by atoms with Gasteiger partial charge in [0.05, 0.1) is 15.8 Å². The number of fused-ring (bicyclic) bond motifs is 1. The van der Waals surface area contributed by atoms with Gasteiger partial charge in [-0.25, -0.2) is 19.7 Å². The van der Waals surface area contributed by atoms with Gasteiger partial charge in [0.2, 0.25) is 0 Å². The fourth-order valence-electron chi connectivity index (χ4n) is 2.85. The van der Waals surface area contributed by atoms with Crippen LogP contribution in [0.25, 0.3) is 10.2 Å². The van der Waals surface area contributed by atoms with Crippen molar-refractivity contribution in [2.45, 2.75) is 12.6 Å². The summed E-state index contributed by atoms with van der Waals surface area (Å²) in [5.41, 5.74) is -0.130. The number of nitrogens with zero attached hydrogens (tertiary/aromatic N) is 4. The van der Waals surface area contributed by atoms with Crippen molar-refractivity contribution in [3.05, 3.63) is 58.2 Å². The third-order valence-electron chi connectivity index (χ3n) is 4.31. The molecule has 0 fully saturated rings. The lowest BCUT2D eigenvalue weighted by atomic mass is 10.2. The third-order valence-corrected chi connectivity index (χ3v) is 6.32. The maximum Gasteiger partial charge on any atom is 0.416 e. The van der Waals surface area contributed by atoms with Crippen LogP contribution in [0.5, 0.6) is 0 Å². The maximum atomic E-state index is 12.8.